The van der Waals surface area contributed by atoms with E-state index in [1.807, 2.05) is 32.2 Å². The number of halogens is 1. The van der Waals surface area contributed by atoms with Gasteiger partial charge in [0, 0.05) is 18.0 Å². The lowest BCUT2D eigenvalue weighted by Gasteiger charge is -2.18. The van der Waals surface area contributed by atoms with Gasteiger partial charge in [-0.15, -0.1) is 0 Å². The van der Waals surface area contributed by atoms with E-state index in [1.54, 1.807) is 6.92 Å². The number of nitrogen functional groups attached to an aromatic ring is 1. The van der Waals surface area contributed by atoms with Crippen molar-refractivity contribution in [1.82, 2.24) is 19.9 Å². The van der Waals surface area contributed by atoms with E-state index < -0.39 is 0 Å². The van der Waals surface area contributed by atoms with Gasteiger partial charge in [0.15, 0.2) is 0 Å². The third-order valence-electron chi connectivity index (χ3n) is 3.64. The monoisotopic (exact) mass is 343 g/mol. The molecule has 1 aromatic carbocycles. The van der Waals surface area contributed by atoms with Crippen molar-refractivity contribution in [2.45, 2.75) is 19.9 Å². The van der Waals surface area contributed by atoms with Crippen molar-refractivity contribution in [1.29, 1.82) is 0 Å². The Morgan fingerprint density at radius 1 is 1.17 bits per heavy atom. The van der Waals surface area contributed by atoms with Crippen molar-refractivity contribution >= 4 is 40.2 Å². The van der Waals surface area contributed by atoms with Gasteiger partial charge in [-0.25, -0.2) is 4.98 Å². The molecule has 0 amide bonds. The topological polar surface area (TPSA) is 102 Å². The molecule has 24 heavy (non-hydrogen) atoms. The predicted molar refractivity (Wildman–Crippen MR) is 97.3 cm³/mol. The first-order chi connectivity index (χ1) is 11.5. The number of aryl methyl sites for hydroxylation is 1. The number of aromatic nitrogens is 4. The molecule has 0 bridgehead atoms. The van der Waals surface area contributed by atoms with Crippen LogP contribution in [0.2, 0.25) is 5.02 Å². The van der Waals surface area contributed by atoms with Crippen molar-refractivity contribution < 1.29 is 0 Å². The Kier molecular flexibility index (Phi) is 4.35. The zero-order chi connectivity index (χ0) is 17.3. The maximum Gasteiger partial charge on any atom is 0.228 e. The summed E-state index contributed by atoms with van der Waals surface area (Å²) in [4.78, 5) is 17.0. The fourth-order valence-corrected chi connectivity index (χ4v) is 2.77. The van der Waals surface area contributed by atoms with E-state index >= 15 is 0 Å². The standard InChI is InChI=1S/C16H18ClN7/c1-8(20-16-22-9(2)21-15(18)24-16)11-7-10-5-4-6-12(17)13(10)23-14(11)19-3/h4-8H,1-3H3,(H,19,23)(H3,18,20,21,22,24)/t8-/m0/s1. The van der Waals surface area contributed by atoms with E-state index in [-0.39, 0.29) is 12.0 Å². The summed E-state index contributed by atoms with van der Waals surface area (Å²) in [6, 6.07) is 7.67. The normalized spacial score (nSPS) is 12.2. The van der Waals surface area contributed by atoms with Gasteiger partial charge in [-0.3, -0.25) is 0 Å². The number of rotatable bonds is 4. The second-order valence-electron chi connectivity index (χ2n) is 5.42. The number of para-hydroxylation sites is 1. The Morgan fingerprint density at radius 2 is 1.96 bits per heavy atom. The first-order valence-corrected chi connectivity index (χ1v) is 7.87. The molecule has 2 heterocycles. The molecule has 0 fully saturated rings. The Labute approximate surface area is 144 Å². The molecular weight excluding hydrogens is 326 g/mol. The summed E-state index contributed by atoms with van der Waals surface area (Å²) in [6.45, 7) is 3.77. The minimum Gasteiger partial charge on any atom is -0.373 e. The molecule has 0 aliphatic heterocycles. The number of hydrogen-bond donors (Lipinski definition) is 3. The second-order valence-corrected chi connectivity index (χ2v) is 5.83. The number of nitrogens with zero attached hydrogens (tertiary/aromatic N) is 4. The molecule has 124 valence electrons. The molecule has 3 aromatic rings. The van der Waals surface area contributed by atoms with Crippen LogP contribution in [0.3, 0.4) is 0 Å². The zero-order valence-electron chi connectivity index (χ0n) is 13.6. The van der Waals surface area contributed by atoms with E-state index in [0.717, 1.165) is 22.3 Å². The van der Waals surface area contributed by atoms with Crippen LogP contribution in [-0.2, 0) is 0 Å². The summed E-state index contributed by atoms with van der Waals surface area (Å²) in [5.74, 6) is 1.93. The van der Waals surface area contributed by atoms with Gasteiger partial charge in [0.25, 0.3) is 0 Å². The van der Waals surface area contributed by atoms with Crippen LogP contribution in [0, 0.1) is 6.92 Å². The molecule has 0 spiro atoms. The molecule has 0 radical (unpaired) electrons. The number of pyridine rings is 1. The highest BCUT2D eigenvalue weighted by molar-refractivity contribution is 6.35. The van der Waals surface area contributed by atoms with Gasteiger partial charge in [-0.2, -0.15) is 15.0 Å². The van der Waals surface area contributed by atoms with E-state index in [0.29, 0.717) is 16.8 Å². The summed E-state index contributed by atoms with van der Waals surface area (Å²) in [5, 5.41) is 7.95. The summed E-state index contributed by atoms with van der Waals surface area (Å²) in [7, 11) is 1.83. The quantitative estimate of drug-likeness (QED) is 0.668. The van der Waals surface area contributed by atoms with Gasteiger partial charge in [0.2, 0.25) is 11.9 Å². The van der Waals surface area contributed by atoms with Gasteiger partial charge in [0.1, 0.15) is 11.6 Å². The highest BCUT2D eigenvalue weighted by atomic mass is 35.5. The number of anilines is 3. The fourth-order valence-electron chi connectivity index (χ4n) is 2.55. The van der Waals surface area contributed by atoms with Crippen LogP contribution in [0.5, 0.6) is 0 Å². The van der Waals surface area contributed by atoms with Crippen molar-refractivity contribution in [3.8, 4) is 0 Å². The van der Waals surface area contributed by atoms with Crippen LogP contribution >= 0.6 is 11.6 Å². The Balaban J connectivity index is 2.00. The van der Waals surface area contributed by atoms with Crippen LogP contribution in [0.4, 0.5) is 17.7 Å². The lowest BCUT2D eigenvalue weighted by Crippen LogP contribution is -2.14. The average Bonchev–Trinajstić information content (AvgIpc) is 2.53. The molecule has 0 saturated carbocycles. The Bertz CT molecular complexity index is 877. The van der Waals surface area contributed by atoms with Gasteiger partial charge in [-0.05, 0) is 26.0 Å². The van der Waals surface area contributed by atoms with Crippen molar-refractivity contribution in [3.63, 3.8) is 0 Å². The van der Waals surface area contributed by atoms with E-state index in [2.05, 4.69) is 36.6 Å². The lowest BCUT2D eigenvalue weighted by atomic mass is 10.1. The molecule has 7 nitrogen and oxygen atoms in total. The largest absolute Gasteiger partial charge is 0.373 e. The summed E-state index contributed by atoms with van der Waals surface area (Å²) in [5.41, 5.74) is 7.42. The maximum atomic E-state index is 6.24. The zero-order valence-corrected chi connectivity index (χ0v) is 14.4. The van der Waals surface area contributed by atoms with Crippen molar-refractivity contribution in [3.05, 3.63) is 40.7 Å². The van der Waals surface area contributed by atoms with Gasteiger partial charge in [-0.1, -0.05) is 23.7 Å². The van der Waals surface area contributed by atoms with Crippen LogP contribution < -0.4 is 16.4 Å². The van der Waals surface area contributed by atoms with Crippen LogP contribution in [-0.4, -0.2) is 27.0 Å². The highest BCUT2D eigenvalue weighted by Crippen LogP contribution is 2.30. The molecule has 0 aliphatic rings. The van der Waals surface area contributed by atoms with Crippen molar-refractivity contribution in [2.75, 3.05) is 23.4 Å². The predicted octanol–water partition coefficient (Wildman–Crippen LogP) is 3.18. The molecule has 0 unspecified atom stereocenters. The highest BCUT2D eigenvalue weighted by Gasteiger charge is 2.15. The third-order valence-corrected chi connectivity index (χ3v) is 3.94. The smallest absolute Gasteiger partial charge is 0.228 e. The molecule has 4 N–H and O–H groups in total. The van der Waals surface area contributed by atoms with Crippen LogP contribution in [0.1, 0.15) is 24.4 Å². The Hall–Kier alpha value is -2.67. The Morgan fingerprint density at radius 3 is 2.67 bits per heavy atom. The SMILES string of the molecule is CNc1nc2c(Cl)cccc2cc1[C@H](C)Nc1nc(C)nc(N)n1. The fraction of sp³-hybridized carbons (Fsp3) is 0.250. The van der Waals surface area contributed by atoms with Crippen LogP contribution in [0.25, 0.3) is 10.9 Å². The average molecular weight is 344 g/mol. The minimum absolute atomic E-state index is 0.0930. The number of hydrogen-bond acceptors (Lipinski definition) is 7. The molecule has 8 heteroatoms. The van der Waals surface area contributed by atoms with E-state index in [1.165, 1.54) is 0 Å². The number of nitrogens with one attached hydrogen (secondary N) is 2. The van der Waals surface area contributed by atoms with Gasteiger partial charge < -0.3 is 16.4 Å². The third kappa shape index (κ3) is 3.16. The maximum absolute atomic E-state index is 6.24. The first-order valence-electron chi connectivity index (χ1n) is 7.49. The molecule has 0 aliphatic carbocycles. The number of nitrogens with two attached hydrogens (primary N) is 1. The van der Waals surface area contributed by atoms with E-state index in [9.17, 15) is 0 Å². The minimum atomic E-state index is -0.0930. The molecule has 1 atom stereocenters. The van der Waals surface area contributed by atoms with Crippen molar-refractivity contribution in [2.24, 2.45) is 0 Å². The van der Waals surface area contributed by atoms with E-state index in [4.69, 9.17) is 17.3 Å². The molecule has 0 saturated heterocycles. The second kappa shape index (κ2) is 6.45. The lowest BCUT2D eigenvalue weighted by molar-refractivity contribution is 0.846. The number of fused-ring (bicyclic) bond motifs is 1. The summed E-state index contributed by atoms with van der Waals surface area (Å²) < 4.78 is 0. The summed E-state index contributed by atoms with van der Waals surface area (Å²) >= 11 is 6.24. The van der Waals surface area contributed by atoms with Gasteiger partial charge in [0.05, 0.1) is 16.6 Å². The van der Waals surface area contributed by atoms with Gasteiger partial charge >= 0.3 is 0 Å². The van der Waals surface area contributed by atoms with Crippen LogP contribution in [0.15, 0.2) is 24.3 Å². The first kappa shape index (κ1) is 16.2. The molecular formula is C16H18ClN7. The molecule has 3 rings (SSSR count). The number of benzene rings is 1. The summed E-state index contributed by atoms with van der Waals surface area (Å²) in [6.07, 6.45) is 0. The molecule has 2 aromatic heterocycles.